The van der Waals surface area contributed by atoms with E-state index in [1.165, 1.54) is 51.4 Å². The molecule has 27 heavy (non-hydrogen) atoms. The molecule has 1 unspecified atom stereocenters. The van der Waals surface area contributed by atoms with Crippen LogP contribution in [0.1, 0.15) is 129 Å². The maximum Gasteiger partial charge on any atom is 1.00 e. The molecule has 3 nitrogen and oxygen atoms in total. The fraction of sp³-hybridized carbons (Fsp3) is 1.00. The molecule has 0 radical (unpaired) electrons. The second-order valence-corrected chi connectivity index (χ2v) is 9.43. The van der Waals surface area contributed by atoms with E-state index in [2.05, 4.69) is 13.8 Å². The molecule has 0 fully saturated rings. The van der Waals surface area contributed by atoms with Crippen LogP contribution in [0, 0.1) is 0 Å². The molecule has 0 N–H and O–H groups in total. The van der Waals surface area contributed by atoms with E-state index in [1.807, 2.05) is 0 Å². The van der Waals surface area contributed by atoms with E-state index in [0.29, 0.717) is 12.8 Å². The molecule has 0 aromatic rings. The maximum atomic E-state index is 14.7. The van der Waals surface area contributed by atoms with Crippen molar-refractivity contribution in [2.24, 2.45) is 0 Å². The quantitative estimate of drug-likeness (QED) is 0.180. The average molecular weight is 417 g/mol. The van der Waals surface area contributed by atoms with Crippen LogP contribution in [-0.2, 0) is 10.1 Å². The van der Waals surface area contributed by atoms with Crippen LogP contribution in [0.2, 0.25) is 0 Å². The number of unbranched alkanes of at least 4 members (excludes halogenated alkanes) is 14. The van der Waals surface area contributed by atoms with E-state index in [4.69, 9.17) is 0 Å². The van der Waals surface area contributed by atoms with Gasteiger partial charge in [0.1, 0.15) is 10.1 Å². The zero-order valence-corrected chi connectivity index (χ0v) is 21.1. The minimum absolute atomic E-state index is 0. The van der Waals surface area contributed by atoms with Gasteiger partial charge in [0, 0.05) is 0 Å². The molecule has 0 aliphatic rings. The molecule has 0 spiro atoms. The zero-order valence-electron chi connectivity index (χ0n) is 18.2. The first-order valence-electron chi connectivity index (χ1n) is 11.0. The molecule has 0 rings (SSSR count). The van der Waals surface area contributed by atoms with Gasteiger partial charge in [-0.15, -0.1) is 0 Å². The minimum atomic E-state index is -4.89. The second kappa shape index (κ2) is 18.8. The van der Waals surface area contributed by atoms with Gasteiger partial charge in [0.2, 0.25) is 0 Å². The summed E-state index contributed by atoms with van der Waals surface area (Å²) >= 11 is 0. The van der Waals surface area contributed by atoms with Crippen molar-refractivity contribution in [2.75, 3.05) is 0 Å². The predicted molar refractivity (Wildman–Crippen MR) is 108 cm³/mol. The summed E-state index contributed by atoms with van der Waals surface area (Å²) in [6.07, 6.45) is 16.3. The molecule has 0 aliphatic heterocycles. The Kier molecular flexibility index (Phi) is 21.0. The van der Waals surface area contributed by atoms with E-state index < -0.39 is 15.1 Å². The third-order valence-corrected chi connectivity index (χ3v) is 6.56. The van der Waals surface area contributed by atoms with Crippen molar-refractivity contribution in [1.29, 1.82) is 0 Å². The van der Waals surface area contributed by atoms with Crippen LogP contribution < -0.4 is 29.6 Å². The van der Waals surface area contributed by atoms with Crippen molar-refractivity contribution in [3.63, 3.8) is 0 Å². The van der Waals surface area contributed by atoms with Gasteiger partial charge in [-0.1, -0.05) is 104 Å². The molecule has 158 valence electrons. The van der Waals surface area contributed by atoms with Crippen molar-refractivity contribution in [1.82, 2.24) is 0 Å². The Hall–Kier alpha value is 0.840. The standard InChI is InChI=1S/C21H43FO3S.Na/c1-3-5-7-9-11-12-14-16-18-20-21(22,26(23,24)25)19-17-15-13-10-8-6-4-2;/h3-20H2,1-2H3,(H,23,24,25);/q;+1/p-1. The molecule has 1 atom stereocenters. The monoisotopic (exact) mass is 416 g/mol. The summed E-state index contributed by atoms with van der Waals surface area (Å²) in [4.78, 5) is 0. The Morgan fingerprint density at radius 2 is 0.889 bits per heavy atom. The van der Waals surface area contributed by atoms with Crippen molar-refractivity contribution in [3.8, 4) is 0 Å². The molecule has 0 aromatic carbocycles. The van der Waals surface area contributed by atoms with E-state index in [0.717, 1.165) is 38.5 Å². The first-order chi connectivity index (χ1) is 12.4. The van der Waals surface area contributed by atoms with Crippen LogP contribution in [0.3, 0.4) is 0 Å². The van der Waals surface area contributed by atoms with Gasteiger partial charge in [-0.25, -0.2) is 12.8 Å². The summed E-state index contributed by atoms with van der Waals surface area (Å²) < 4.78 is 48.9. The number of halogens is 1. The normalized spacial score (nSPS) is 13.9. The number of hydrogen-bond donors (Lipinski definition) is 0. The largest absolute Gasteiger partial charge is 1.00 e. The number of alkyl halides is 1. The zero-order chi connectivity index (χ0) is 19.7. The van der Waals surface area contributed by atoms with Crippen LogP contribution >= 0.6 is 0 Å². The third-order valence-electron chi connectivity index (χ3n) is 5.26. The van der Waals surface area contributed by atoms with Gasteiger partial charge in [0.15, 0.2) is 5.00 Å². The Balaban J connectivity index is 0. The molecule has 0 saturated heterocycles. The third kappa shape index (κ3) is 16.3. The first-order valence-corrected chi connectivity index (χ1v) is 12.4. The van der Waals surface area contributed by atoms with E-state index in [-0.39, 0.29) is 42.4 Å². The molecule has 0 aliphatic carbocycles. The summed E-state index contributed by atoms with van der Waals surface area (Å²) in [5, 5.41) is -2.56. The van der Waals surface area contributed by atoms with Crippen molar-refractivity contribution < 1.29 is 46.9 Å². The summed E-state index contributed by atoms with van der Waals surface area (Å²) in [7, 11) is -4.89. The van der Waals surface area contributed by atoms with Gasteiger partial charge in [0.25, 0.3) is 0 Å². The van der Waals surface area contributed by atoms with Gasteiger partial charge in [-0.2, -0.15) is 0 Å². The summed E-state index contributed by atoms with van der Waals surface area (Å²) in [6.45, 7) is 4.35. The fourth-order valence-corrected chi connectivity index (χ4v) is 4.21. The van der Waals surface area contributed by atoms with Crippen LogP contribution in [0.15, 0.2) is 0 Å². The van der Waals surface area contributed by atoms with Gasteiger partial charge in [0.05, 0.1) is 0 Å². The SMILES string of the molecule is CCCCCCCCCCCC(F)(CCCCCCCCC)S(=O)(=O)[O-].[Na+]. The molecular formula is C21H42FNaO3S. The molecular weight excluding hydrogens is 374 g/mol. The summed E-state index contributed by atoms with van der Waals surface area (Å²) in [6, 6.07) is 0. The maximum absolute atomic E-state index is 14.7. The first kappa shape index (κ1) is 30.0. The van der Waals surface area contributed by atoms with Gasteiger partial charge < -0.3 is 4.55 Å². The van der Waals surface area contributed by atoms with Gasteiger partial charge >= 0.3 is 29.6 Å². The molecule has 6 heteroatoms. The topological polar surface area (TPSA) is 57.2 Å². The molecule has 0 saturated carbocycles. The molecule has 0 amide bonds. The molecule has 0 aromatic heterocycles. The van der Waals surface area contributed by atoms with Crippen molar-refractivity contribution >= 4 is 10.1 Å². The van der Waals surface area contributed by atoms with E-state index >= 15 is 0 Å². The summed E-state index contributed by atoms with van der Waals surface area (Å²) in [5.74, 6) is 0. The Morgan fingerprint density at radius 1 is 0.630 bits per heavy atom. The smallest absolute Gasteiger partial charge is 0.745 e. The summed E-state index contributed by atoms with van der Waals surface area (Å²) in [5.41, 5.74) is 0. The van der Waals surface area contributed by atoms with Crippen LogP contribution in [0.25, 0.3) is 0 Å². The van der Waals surface area contributed by atoms with Gasteiger partial charge in [-0.05, 0) is 25.7 Å². The van der Waals surface area contributed by atoms with Crippen LogP contribution in [-0.4, -0.2) is 18.0 Å². The molecule has 0 bridgehead atoms. The fourth-order valence-electron chi connectivity index (χ4n) is 3.42. The van der Waals surface area contributed by atoms with Crippen LogP contribution in [0.4, 0.5) is 4.39 Å². The Bertz CT molecular complexity index is 418. The van der Waals surface area contributed by atoms with Gasteiger partial charge in [-0.3, -0.25) is 0 Å². The number of hydrogen-bond acceptors (Lipinski definition) is 3. The van der Waals surface area contributed by atoms with Crippen molar-refractivity contribution in [3.05, 3.63) is 0 Å². The Morgan fingerprint density at radius 3 is 1.15 bits per heavy atom. The Labute approximate surface area is 190 Å². The van der Waals surface area contributed by atoms with Crippen molar-refractivity contribution in [2.45, 2.75) is 134 Å². The second-order valence-electron chi connectivity index (χ2n) is 7.79. The minimum Gasteiger partial charge on any atom is -0.745 e. The molecule has 0 heterocycles. The van der Waals surface area contributed by atoms with E-state index in [1.54, 1.807) is 0 Å². The average Bonchev–Trinajstić information content (AvgIpc) is 2.58. The van der Waals surface area contributed by atoms with Crippen LogP contribution in [0.5, 0.6) is 0 Å². The number of rotatable bonds is 19. The van der Waals surface area contributed by atoms with E-state index in [9.17, 15) is 17.4 Å². The predicted octanol–water partition coefficient (Wildman–Crippen LogP) is 4.26.